The van der Waals surface area contributed by atoms with Gasteiger partial charge in [0.25, 0.3) is 0 Å². The molecule has 0 saturated carbocycles. The lowest BCUT2D eigenvalue weighted by Gasteiger charge is -2.55. The van der Waals surface area contributed by atoms with E-state index in [0.717, 1.165) is 6.54 Å². The normalized spacial score (nSPS) is 40.1. The van der Waals surface area contributed by atoms with Gasteiger partial charge in [-0.05, 0) is 44.7 Å². The van der Waals surface area contributed by atoms with Crippen LogP contribution in [0.1, 0.15) is 47.0 Å². The molecule has 2 heterocycles. The summed E-state index contributed by atoms with van der Waals surface area (Å²) in [6.07, 6.45) is 6.67. The predicted octanol–water partition coefficient (Wildman–Crippen LogP) is 3.27. The fourth-order valence-corrected chi connectivity index (χ4v) is 5.19. The Balaban J connectivity index is 1.77. The summed E-state index contributed by atoms with van der Waals surface area (Å²) >= 11 is 0. The lowest BCUT2D eigenvalue weighted by atomic mass is 9.56. The van der Waals surface area contributed by atoms with Crippen LogP contribution in [0.25, 0.3) is 0 Å². The van der Waals surface area contributed by atoms with Crippen LogP contribution in [-0.2, 0) is 14.3 Å². The van der Waals surface area contributed by atoms with Gasteiger partial charge in [0, 0.05) is 24.8 Å². The molecule has 0 radical (unpaired) electrons. The van der Waals surface area contributed by atoms with E-state index in [1.165, 1.54) is 44.8 Å². The van der Waals surface area contributed by atoms with Crippen LogP contribution in [0.3, 0.4) is 0 Å². The van der Waals surface area contributed by atoms with Crippen LogP contribution in [-0.4, -0.2) is 49.8 Å². The topological polar surface area (TPSA) is 38.8 Å². The van der Waals surface area contributed by atoms with Crippen molar-refractivity contribution < 1.29 is 14.3 Å². The SMILES string of the molecule is CC(=O)OC[C@]12CO[C@@H](CN3CCCCC3)[C@H](C(C)=C[C@@H]1C)[C@H]2C. The first-order chi connectivity index (χ1) is 11.4. The standard InChI is InChI=1S/C20H33NO3/c1-14-10-15(2)20(12-23-17(4)22)13-24-18(19(14)16(20)3)11-21-8-6-5-7-9-21/h10,15-16,18-19H,5-9,11-13H2,1-4H3/t15-,16+,18-,19+,20-/m0/s1. The summed E-state index contributed by atoms with van der Waals surface area (Å²) in [5, 5.41) is 0. The summed E-state index contributed by atoms with van der Waals surface area (Å²) in [6, 6.07) is 0. The Hall–Kier alpha value is -0.870. The van der Waals surface area contributed by atoms with Crippen molar-refractivity contribution in [2.24, 2.45) is 23.2 Å². The molecule has 3 aliphatic rings. The fraction of sp³-hybridized carbons (Fsp3) is 0.850. The maximum absolute atomic E-state index is 11.4. The van der Waals surface area contributed by atoms with Crippen molar-refractivity contribution >= 4 is 5.97 Å². The molecular formula is C20H33NO3. The molecule has 4 heteroatoms. The van der Waals surface area contributed by atoms with E-state index in [4.69, 9.17) is 9.47 Å². The van der Waals surface area contributed by atoms with Gasteiger partial charge in [-0.1, -0.05) is 31.9 Å². The second-order valence-corrected chi connectivity index (χ2v) is 8.24. The van der Waals surface area contributed by atoms with E-state index in [1.54, 1.807) is 0 Å². The van der Waals surface area contributed by atoms with Gasteiger partial charge in [-0.3, -0.25) is 4.79 Å². The molecule has 24 heavy (non-hydrogen) atoms. The van der Waals surface area contributed by atoms with Gasteiger partial charge in [0.2, 0.25) is 0 Å². The highest BCUT2D eigenvalue weighted by Gasteiger charge is 2.54. The molecule has 0 unspecified atom stereocenters. The van der Waals surface area contributed by atoms with Crippen LogP contribution in [0.5, 0.6) is 0 Å². The lowest BCUT2D eigenvalue weighted by molar-refractivity contribution is -0.182. The van der Waals surface area contributed by atoms with Gasteiger partial charge in [-0.15, -0.1) is 0 Å². The van der Waals surface area contributed by atoms with Gasteiger partial charge in [0.05, 0.1) is 19.3 Å². The summed E-state index contributed by atoms with van der Waals surface area (Å²) in [5.41, 5.74) is 1.38. The first-order valence-corrected chi connectivity index (χ1v) is 9.59. The Labute approximate surface area is 146 Å². The number of piperidine rings is 1. The highest BCUT2D eigenvalue weighted by atomic mass is 16.5. The minimum atomic E-state index is -0.193. The molecule has 2 saturated heterocycles. The number of hydrogen-bond donors (Lipinski definition) is 0. The number of carbonyl (C=O) groups is 1. The zero-order chi connectivity index (χ0) is 17.3. The predicted molar refractivity (Wildman–Crippen MR) is 94.7 cm³/mol. The van der Waals surface area contributed by atoms with Crippen molar-refractivity contribution in [3.8, 4) is 0 Å². The highest BCUT2D eigenvalue weighted by molar-refractivity contribution is 5.65. The van der Waals surface area contributed by atoms with Gasteiger partial charge in [-0.2, -0.15) is 0 Å². The highest BCUT2D eigenvalue weighted by Crippen LogP contribution is 2.52. The van der Waals surface area contributed by atoms with Crippen molar-refractivity contribution in [1.29, 1.82) is 0 Å². The first kappa shape index (κ1) is 17.9. The lowest BCUT2D eigenvalue weighted by Crippen LogP contribution is -2.58. The molecule has 3 rings (SSSR count). The Bertz CT molecular complexity index is 497. The number of likely N-dealkylation sites (tertiary alicyclic amines) is 1. The van der Waals surface area contributed by atoms with E-state index in [0.29, 0.717) is 31.0 Å². The van der Waals surface area contributed by atoms with Crippen LogP contribution in [0.2, 0.25) is 0 Å². The van der Waals surface area contributed by atoms with Crippen molar-refractivity contribution in [3.05, 3.63) is 11.6 Å². The van der Waals surface area contributed by atoms with Gasteiger partial charge >= 0.3 is 5.97 Å². The zero-order valence-electron chi connectivity index (χ0n) is 15.7. The Morgan fingerprint density at radius 1 is 1.33 bits per heavy atom. The third-order valence-electron chi connectivity index (χ3n) is 6.79. The van der Waals surface area contributed by atoms with Crippen molar-refractivity contribution in [1.82, 2.24) is 4.90 Å². The molecule has 0 spiro atoms. The molecule has 4 nitrogen and oxygen atoms in total. The minimum absolute atomic E-state index is 0.0752. The first-order valence-electron chi connectivity index (χ1n) is 9.59. The number of rotatable bonds is 4. The maximum atomic E-state index is 11.4. The maximum Gasteiger partial charge on any atom is 0.302 e. The summed E-state index contributed by atoms with van der Waals surface area (Å²) < 4.78 is 11.9. The van der Waals surface area contributed by atoms with E-state index in [1.807, 2.05) is 0 Å². The molecule has 136 valence electrons. The van der Waals surface area contributed by atoms with Gasteiger partial charge in [-0.25, -0.2) is 0 Å². The molecule has 5 atom stereocenters. The van der Waals surface area contributed by atoms with Crippen molar-refractivity contribution in [2.45, 2.75) is 53.1 Å². The summed E-state index contributed by atoms with van der Waals surface area (Å²) in [5.74, 6) is 1.09. The smallest absolute Gasteiger partial charge is 0.302 e. The van der Waals surface area contributed by atoms with Crippen molar-refractivity contribution in [2.75, 3.05) is 32.8 Å². The fourth-order valence-electron chi connectivity index (χ4n) is 5.19. The third-order valence-corrected chi connectivity index (χ3v) is 6.79. The number of esters is 1. The monoisotopic (exact) mass is 335 g/mol. The van der Waals surface area contributed by atoms with Gasteiger partial charge in [0.15, 0.2) is 0 Å². The minimum Gasteiger partial charge on any atom is -0.465 e. The molecule has 0 aromatic rings. The Kier molecular flexibility index (Phi) is 5.36. The number of fused-ring (bicyclic) bond motifs is 2. The van der Waals surface area contributed by atoms with Crippen LogP contribution in [0.4, 0.5) is 0 Å². The summed E-state index contributed by atoms with van der Waals surface area (Å²) in [6.45, 7) is 13.0. The zero-order valence-corrected chi connectivity index (χ0v) is 15.7. The number of ether oxygens (including phenoxy) is 2. The second-order valence-electron chi connectivity index (χ2n) is 8.24. The van der Waals surface area contributed by atoms with Crippen molar-refractivity contribution in [3.63, 3.8) is 0 Å². The molecular weight excluding hydrogens is 302 g/mol. The van der Waals surface area contributed by atoms with Crippen LogP contribution in [0, 0.1) is 23.2 Å². The van der Waals surface area contributed by atoms with Gasteiger partial charge < -0.3 is 14.4 Å². The number of hydrogen-bond acceptors (Lipinski definition) is 4. The van der Waals surface area contributed by atoms with E-state index >= 15 is 0 Å². The molecule has 2 fully saturated rings. The summed E-state index contributed by atoms with van der Waals surface area (Å²) in [7, 11) is 0. The molecule has 0 amide bonds. The largest absolute Gasteiger partial charge is 0.465 e. The second kappa shape index (κ2) is 7.17. The average Bonchev–Trinajstić information content (AvgIpc) is 2.54. The quantitative estimate of drug-likeness (QED) is 0.584. The Morgan fingerprint density at radius 3 is 2.71 bits per heavy atom. The molecule has 0 aromatic heterocycles. The number of allylic oxidation sites excluding steroid dienone is 1. The summed E-state index contributed by atoms with van der Waals surface area (Å²) in [4.78, 5) is 13.9. The van der Waals surface area contributed by atoms with E-state index in [-0.39, 0.29) is 17.5 Å². The number of nitrogens with zero attached hydrogens (tertiary/aromatic N) is 1. The van der Waals surface area contributed by atoms with Crippen LogP contribution in [0.15, 0.2) is 11.6 Å². The van der Waals surface area contributed by atoms with Crippen LogP contribution < -0.4 is 0 Å². The molecule has 2 aliphatic heterocycles. The number of carbonyl (C=O) groups excluding carboxylic acids is 1. The molecule has 0 N–H and O–H groups in total. The van der Waals surface area contributed by atoms with Crippen LogP contribution >= 0.6 is 0 Å². The van der Waals surface area contributed by atoms with E-state index < -0.39 is 0 Å². The van der Waals surface area contributed by atoms with E-state index in [2.05, 4.69) is 31.7 Å². The Morgan fingerprint density at radius 2 is 2.04 bits per heavy atom. The van der Waals surface area contributed by atoms with E-state index in [9.17, 15) is 4.79 Å². The molecule has 1 aliphatic carbocycles. The average molecular weight is 335 g/mol. The molecule has 0 aromatic carbocycles. The van der Waals surface area contributed by atoms with Gasteiger partial charge in [0.1, 0.15) is 0 Å². The third kappa shape index (κ3) is 3.28. The molecule has 2 bridgehead atoms.